The van der Waals surface area contributed by atoms with Gasteiger partial charge in [-0.25, -0.2) is 4.98 Å². The number of pyridine rings is 1. The fraction of sp³-hybridized carbons (Fsp3) is 0.312. The summed E-state index contributed by atoms with van der Waals surface area (Å²) in [5.41, 5.74) is 2.41. The van der Waals surface area contributed by atoms with Crippen LogP contribution in [0.2, 0.25) is 0 Å². The van der Waals surface area contributed by atoms with Crippen molar-refractivity contribution < 1.29 is 0 Å². The smallest absolute Gasteiger partial charge is 0.128 e. The number of nitrogens with zero attached hydrogens (tertiary/aromatic N) is 2. The van der Waals surface area contributed by atoms with Gasteiger partial charge in [-0.05, 0) is 17.7 Å². The molecule has 19 heavy (non-hydrogen) atoms. The Bertz CT molecular complexity index is 552. The molecule has 0 spiro atoms. The number of anilines is 1. The molecule has 1 aromatic carbocycles. The standard InChI is InChI=1S/C16H17N3/c1-2-4-12(5-3-1)13-6-7-16(18-8-13)19-10-14-9-17-15(14)11-19/h1-8,14-15,17H,9-11H2. The summed E-state index contributed by atoms with van der Waals surface area (Å²) in [4.78, 5) is 7.02. The SMILES string of the molecule is c1ccc(-c2ccc(N3CC4CNC4C3)nc2)cc1. The second-order valence-corrected chi connectivity index (χ2v) is 5.45. The number of fused-ring (bicyclic) bond motifs is 1. The summed E-state index contributed by atoms with van der Waals surface area (Å²) in [5.74, 6) is 1.94. The van der Waals surface area contributed by atoms with Gasteiger partial charge in [-0.1, -0.05) is 30.3 Å². The molecule has 1 N–H and O–H groups in total. The Kier molecular flexibility index (Phi) is 2.52. The van der Waals surface area contributed by atoms with Gasteiger partial charge in [0.25, 0.3) is 0 Å². The van der Waals surface area contributed by atoms with Crippen molar-refractivity contribution in [2.24, 2.45) is 5.92 Å². The highest BCUT2D eigenvalue weighted by molar-refractivity contribution is 5.63. The van der Waals surface area contributed by atoms with Crippen molar-refractivity contribution in [3.63, 3.8) is 0 Å². The summed E-state index contributed by atoms with van der Waals surface area (Å²) in [6, 6.07) is 15.4. The molecule has 96 valence electrons. The van der Waals surface area contributed by atoms with E-state index in [4.69, 9.17) is 0 Å². The van der Waals surface area contributed by atoms with Crippen LogP contribution in [0.5, 0.6) is 0 Å². The Labute approximate surface area is 113 Å². The van der Waals surface area contributed by atoms with E-state index in [1.54, 1.807) is 0 Å². The number of rotatable bonds is 2. The van der Waals surface area contributed by atoms with Gasteiger partial charge in [0.15, 0.2) is 0 Å². The van der Waals surface area contributed by atoms with E-state index in [0.717, 1.165) is 24.8 Å². The Morgan fingerprint density at radius 1 is 1.00 bits per heavy atom. The van der Waals surface area contributed by atoms with Crippen LogP contribution in [0, 0.1) is 5.92 Å². The van der Waals surface area contributed by atoms with Gasteiger partial charge in [-0.3, -0.25) is 0 Å². The predicted molar refractivity (Wildman–Crippen MR) is 77.2 cm³/mol. The van der Waals surface area contributed by atoms with Crippen molar-refractivity contribution >= 4 is 5.82 Å². The Morgan fingerprint density at radius 3 is 2.47 bits per heavy atom. The van der Waals surface area contributed by atoms with E-state index in [-0.39, 0.29) is 0 Å². The largest absolute Gasteiger partial charge is 0.355 e. The minimum atomic E-state index is 0.690. The molecule has 0 amide bonds. The maximum atomic E-state index is 4.63. The van der Waals surface area contributed by atoms with Crippen LogP contribution in [-0.2, 0) is 0 Å². The van der Waals surface area contributed by atoms with Crippen LogP contribution in [0.15, 0.2) is 48.7 Å². The molecule has 2 atom stereocenters. The molecule has 0 bridgehead atoms. The van der Waals surface area contributed by atoms with Crippen molar-refractivity contribution in [2.45, 2.75) is 6.04 Å². The van der Waals surface area contributed by atoms with Crippen LogP contribution in [0.4, 0.5) is 5.82 Å². The van der Waals surface area contributed by atoms with Crippen LogP contribution in [0.1, 0.15) is 0 Å². The summed E-state index contributed by atoms with van der Waals surface area (Å²) in [6.45, 7) is 3.42. The highest BCUT2D eigenvalue weighted by Crippen LogP contribution is 2.28. The van der Waals surface area contributed by atoms with Crippen LogP contribution in [-0.4, -0.2) is 30.7 Å². The van der Waals surface area contributed by atoms with Crippen LogP contribution in [0.25, 0.3) is 11.1 Å². The molecule has 0 aliphatic carbocycles. The van der Waals surface area contributed by atoms with E-state index < -0.39 is 0 Å². The van der Waals surface area contributed by atoms with Crippen molar-refractivity contribution in [3.05, 3.63) is 48.7 Å². The molecule has 2 aromatic rings. The minimum Gasteiger partial charge on any atom is -0.355 e. The first-order valence-corrected chi connectivity index (χ1v) is 6.90. The molecular formula is C16H17N3. The average molecular weight is 251 g/mol. The van der Waals surface area contributed by atoms with Gasteiger partial charge in [0.2, 0.25) is 0 Å². The first-order chi connectivity index (χ1) is 9.40. The van der Waals surface area contributed by atoms with Crippen LogP contribution in [0.3, 0.4) is 0 Å². The quantitative estimate of drug-likeness (QED) is 0.886. The van der Waals surface area contributed by atoms with Gasteiger partial charge in [-0.2, -0.15) is 0 Å². The predicted octanol–water partition coefficient (Wildman–Crippen LogP) is 2.16. The van der Waals surface area contributed by atoms with Gasteiger partial charge in [0, 0.05) is 43.4 Å². The lowest BCUT2D eigenvalue weighted by molar-refractivity contribution is 0.297. The maximum absolute atomic E-state index is 4.63. The molecule has 0 saturated carbocycles. The molecule has 1 aromatic heterocycles. The van der Waals surface area contributed by atoms with Gasteiger partial charge in [0.1, 0.15) is 5.82 Å². The molecule has 0 radical (unpaired) electrons. The fourth-order valence-electron chi connectivity index (χ4n) is 3.01. The van der Waals surface area contributed by atoms with Crippen molar-refractivity contribution in [3.8, 4) is 11.1 Å². The Morgan fingerprint density at radius 2 is 1.89 bits per heavy atom. The zero-order valence-electron chi connectivity index (χ0n) is 10.8. The third-order valence-corrected chi connectivity index (χ3v) is 4.26. The zero-order chi connectivity index (χ0) is 12.7. The molecule has 3 heteroatoms. The van der Waals surface area contributed by atoms with Crippen molar-refractivity contribution in [2.75, 3.05) is 24.5 Å². The second-order valence-electron chi connectivity index (χ2n) is 5.45. The monoisotopic (exact) mass is 251 g/mol. The molecule has 2 fully saturated rings. The molecule has 2 saturated heterocycles. The topological polar surface area (TPSA) is 28.2 Å². The minimum absolute atomic E-state index is 0.690. The Balaban J connectivity index is 1.56. The molecule has 4 rings (SSSR count). The van der Waals surface area contributed by atoms with Gasteiger partial charge in [0.05, 0.1) is 0 Å². The average Bonchev–Trinajstić information content (AvgIpc) is 2.76. The molecule has 3 nitrogen and oxygen atoms in total. The molecule has 2 aliphatic rings. The third-order valence-electron chi connectivity index (χ3n) is 4.26. The number of nitrogens with one attached hydrogen (secondary N) is 1. The fourth-order valence-corrected chi connectivity index (χ4v) is 3.01. The van der Waals surface area contributed by atoms with Gasteiger partial charge in [-0.15, -0.1) is 0 Å². The molecular weight excluding hydrogens is 234 g/mol. The molecule has 2 aliphatic heterocycles. The summed E-state index contributed by atoms with van der Waals surface area (Å²) < 4.78 is 0. The maximum Gasteiger partial charge on any atom is 0.128 e. The third kappa shape index (κ3) is 1.90. The zero-order valence-corrected chi connectivity index (χ0v) is 10.8. The van der Waals surface area contributed by atoms with E-state index in [1.165, 1.54) is 17.7 Å². The van der Waals surface area contributed by atoms with Gasteiger partial charge >= 0.3 is 0 Å². The number of hydrogen-bond donors (Lipinski definition) is 1. The second kappa shape index (κ2) is 4.35. The van der Waals surface area contributed by atoms with E-state index in [2.05, 4.69) is 51.6 Å². The Hall–Kier alpha value is -1.87. The highest BCUT2D eigenvalue weighted by atomic mass is 15.3. The lowest BCUT2D eigenvalue weighted by Gasteiger charge is -2.29. The molecule has 3 heterocycles. The van der Waals surface area contributed by atoms with E-state index in [1.807, 2.05) is 12.3 Å². The number of aromatic nitrogens is 1. The van der Waals surface area contributed by atoms with E-state index in [9.17, 15) is 0 Å². The summed E-state index contributed by atoms with van der Waals surface area (Å²) in [7, 11) is 0. The van der Waals surface area contributed by atoms with Crippen LogP contribution >= 0.6 is 0 Å². The lowest BCUT2D eigenvalue weighted by atomic mass is 9.96. The van der Waals surface area contributed by atoms with E-state index >= 15 is 0 Å². The lowest BCUT2D eigenvalue weighted by Crippen LogP contribution is -2.51. The summed E-state index contributed by atoms with van der Waals surface area (Å²) in [5, 5.41) is 3.47. The highest BCUT2D eigenvalue weighted by Gasteiger charge is 2.39. The number of hydrogen-bond acceptors (Lipinski definition) is 3. The summed E-state index contributed by atoms with van der Waals surface area (Å²) in [6.07, 6.45) is 1.98. The normalized spacial score (nSPS) is 24.9. The number of benzene rings is 1. The first-order valence-electron chi connectivity index (χ1n) is 6.90. The molecule has 2 unspecified atom stereocenters. The first kappa shape index (κ1) is 11.0. The van der Waals surface area contributed by atoms with Crippen molar-refractivity contribution in [1.82, 2.24) is 10.3 Å². The van der Waals surface area contributed by atoms with Crippen molar-refractivity contribution in [1.29, 1.82) is 0 Å². The van der Waals surface area contributed by atoms with Gasteiger partial charge < -0.3 is 10.2 Å². The summed E-state index contributed by atoms with van der Waals surface area (Å²) >= 11 is 0. The van der Waals surface area contributed by atoms with Crippen LogP contribution < -0.4 is 10.2 Å². The van der Waals surface area contributed by atoms with E-state index in [0.29, 0.717) is 6.04 Å².